The number of aryl methyl sites for hydroxylation is 5. The minimum Gasteiger partial charge on any atom is -0.365 e. The molecule has 17 heterocycles. The van der Waals surface area contributed by atoms with Crippen LogP contribution in [0.4, 0.5) is 52.5 Å². The molecule has 0 amide bonds. The Kier molecular flexibility index (Phi) is 31.4. The molecule has 30 heteroatoms. The summed E-state index contributed by atoms with van der Waals surface area (Å²) in [6.45, 7) is 14.2. The first-order valence-corrected chi connectivity index (χ1v) is 50.6. The summed E-state index contributed by atoms with van der Waals surface area (Å²) in [4.78, 5) is 72.4. The van der Waals surface area contributed by atoms with Crippen molar-refractivity contribution in [3.05, 3.63) is 457 Å². The number of pyridine rings is 16. The van der Waals surface area contributed by atoms with Crippen LogP contribution in [0, 0.1) is 58.0 Å². The average Bonchev–Trinajstić information content (AvgIpc) is 0.808. The second kappa shape index (κ2) is 46.9. The topological polar surface area (TPSA) is 304 Å². The normalized spacial score (nSPS) is 11.9. The van der Waals surface area contributed by atoms with Crippen LogP contribution in [0.5, 0.6) is 0 Å². The predicted octanol–water partition coefficient (Wildman–Crippen LogP) is 26.2. The molecule has 0 radical (unpaired) electrons. The predicted molar refractivity (Wildman–Crippen MR) is 591 cm³/mol. The second-order valence-corrected chi connectivity index (χ2v) is 38.7. The summed E-state index contributed by atoms with van der Waals surface area (Å²) in [7, 11) is -2.92. The fourth-order valence-electron chi connectivity index (χ4n) is 17.2. The molecular weight excluding hydrogens is 1920 g/mol. The van der Waals surface area contributed by atoms with E-state index < -0.39 is 15.8 Å². The van der Waals surface area contributed by atoms with Crippen molar-refractivity contribution in [3.8, 4) is 78.7 Å². The third kappa shape index (κ3) is 25.8. The number of anilines is 6. The number of nitrogens with zero attached hydrogens (tertiary/aromatic N) is 17. The number of halogens is 5. The number of nitrogens with one attached hydrogen (secondary N) is 5. The van der Waals surface area contributed by atoms with E-state index in [-0.39, 0.29) is 29.0 Å². The summed E-state index contributed by atoms with van der Waals surface area (Å²) in [6.07, 6.45) is 28.3. The standard InChI is InChI=1S/C28H23FN4.C25H17F2N5.C24H22FN5O2S.C22H20N4.C21H17ClN4/c1-18-12-20(6-7-25(18)21-8-10-30-19(2)13-21)16-33-28-26-17-32-27(15-22(26)9-11-31-28)23-4-3-5-24(29)14-23;26-20-3-1-2-18(10-20)23-11-17-6-9-29-25(21(17)15-31-23)32-14-16-4-5-22(30-13-16)19-7-8-28-24(27)12-19;25-20-3-1-2-19(12-20)22-13-18-6-7-26-24(21(18)16-27-22)29-15-17-4-5-23(28-14-17)30-8-10-33(31,32)11-9-30;1-15-3-5-17(6-4-15)13-26-22-20-14-25-21(12-18(20)7-10-24-22)19-8-9-23-16(2)11-19;1-14-10-17(7-8-23-14)20-11-16-6-9-24-21(19(16)13-25-20)26-12-15-2-4-18(22)5-3-15/h3-15,17H,16H2,1-2H3,(H,31,33);1-13,15H,14H2,(H,29,32);1-7,12-14,16H,8-11,15H2,(H,26,29);3-12,14H,13H2,1-2H3,(H,24,26);2-11,13H,12H2,1H3,(H,24,26). The first kappa shape index (κ1) is 100. The lowest BCUT2D eigenvalue weighted by Gasteiger charge is -2.27. The molecule has 1 fully saturated rings. The Hall–Kier alpha value is -18.2. The molecule has 16 aromatic heterocycles. The van der Waals surface area contributed by atoms with Crippen LogP contribution < -0.4 is 31.5 Å². The highest BCUT2D eigenvalue weighted by atomic mass is 35.5. The van der Waals surface area contributed by atoms with Gasteiger partial charge in [-0.2, -0.15) is 4.39 Å². The molecule has 5 N–H and O–H groups in total. The van der Waals surface area contributed by atoms with Gasteiger partial charge in [-0.25, -0.2) is 56.5 Å². The lowest BCUT2D eigenvalue weighted by atomic mass is 9.98. The molecule has 0 bridgehead atoms. The molecule has 0 unspecified atom stereocenters. The number of benzene rings is 6. The van der Waals surface area contributed by atoms with Crippen molar-refractivity contribution in [2.24, 2.45) is 0 Å². The summed E-state index contributed by atoms with van der Waals surface area (Å²) in [5.41, 5.74) is 23.0. The summed E-state index contributed by atoms with van der Waals surface area (Å²) in [5.74, 6) is 3.57. The summed E-state index contributed by atoms with van der Waals surface area (Å²) >= 11 is 5.94. The van der Waals surface area contributed by atoms with Gasteiger partial charge in [-0.05, 0) is 270 Å². The zero-order chi connectivity index (χ0) is 103. The highest BCUT2D eigenvalue weighted by Gasteiger charge is 2.24. The lowest BCUT2D eigenvalue weighted by molar-refractivity contribution is 0.584. The number of hydrogen-bond acceptors (Lipinski definition) is 24. The third-order valence-electron chi connectivity index (χ3n) is 25.1. The Morgan fingerprint density at radius 1 is 0.280 bits per heavy atom. The largest absolute Gasteiger partial charge is 0.365 e. The molecule has 150 heavy (non-hydrogen) atoms. The Bertz CT molecular complexity index is 8550. The van der Waals surface area contributed by atoms with E-state index in [0.29, 0.717) is 73.5 Å². The smallest absolute Gasteiger partial charge is 0.213 e. The number of sulfone groups is 1. The van der Waals surface area contributed by atoms with Crippen LogP contribution in [0.3, 0.4) is 0 Å². The lowest BCUT2D eigenvalue weighted by Crippen LogP contribution is -2.40. The van der Waals surface area contributed by atoms with Crippen molar-refractivity contribution in [3.63, 3.8) is 0 Å². The first-order valence-electron chi connectivity index (χ1n) is 48.4. The average molecular weight is 2020 g/mol. The van der Waals surface area contributed by atoms with Crippen LogP contribution in [0.25, 0.3) is 133 Å². The minimum atomic E-state index is -2.92. The maximum Gasteiger partial charge on any atom is 0.213 e. The third-order valence-corrected chi connectivity index (χ3v) is 27.0. The number of rotatable bonds is 23. The Morgan fingerprint density at radius 2 is 0.600 bits per heavy atom. The molecule has 1 aliphatic heterocycles. The van der Waals surface area contributed by atoms with Crippen LogP contribution in [-0.4, -0.2) is 113 Å². The maximum absolute atomic E-state index is 13.6. The highest BCUT2D eigenvalue weighted by Crippen LogP contribution is 2.36. The molecule has 6 aromatic carbocycles. The molecule has 24 nitrogen and oxygen atoms in total. The van der Waals surface area contributed by atoms with E-state index in [1.54, 1.807) is 73.8 Å². The van der Waals surface area contributed by atoms with Gasteiger partial charge in [0.25, 0.3) is 0 Å². The number of fused-ring (bicyclic) bond motifs is 5. The zero-order valence-electron chi connectivity index (χ0n) is 82.3. The van der Waals surface area contributed by atoms with Crippen LogP contribution in [0.2, 0.25) is 5.02 Å². The van der Waals surface area contributed by atoms with E-state index in [1.165, 1.54) is 82.0 Å². The Balaban J connectivity index is 0.000000118. The summed E-state index contributed by atoms with van der Waals surface area (Å²) in [5, 5.41) is 27.5. The van der Waals surface area contributed by atoms with E-state index in [1.807, 2.05) is 215 Å². The Labute approximate surface area is 868 Å². The first-order chi connectivity index (χ1) is 73.1. The van der Waals surface area contributed by atoms with Gasteiger partial charge in [-0.1, -0.05) is 120 Å². The van der Waals surface area contributed by atoms with Crippen LogP contribution in [0.1, 0.15) is 56.0 Å². The molecule has 0 atom stereocenters. The van der Waals surface area contributed by atoms with Gasteiger partial charge >= 0.3 is 0 Å². The van der Waals surface area contributed by atoms with E-state index in [4.69, 9.17) is 11.6 Å². The van der Waals surface area contributed by atoms with Crippen LogP contribution in [0.15, 0.2) is 372 Å². The summed E-state index contributed by atoms with van der Waals surface area (Å²) in [6, 6.07) is 84.7. The number of hydrogen-bond donors (Lipinski definition) is 5. The van der Waals surface area contributed by atoms with Crippen molar-refractivity contribution < 1.29 is 26.0 Å². The van der Waals surface area contributed by atoms with Crippen molar-refractivity contribution in [1.29, 1.82) is 0 Å². The van der Waals surface area contributed by atoms with Gasteiger partial charge in [0.05, 0.1) is 45.7 Å². The van der Waals surface area contributed by atoms with E-state index in [9.17, 15) is 26.0 Å². The van der Waals surface area contributed by atoms with Gasteiger partial charge in [0.1, 0.15) is 52.4 Å². The van der Waals surface area contributed by atoms with Gasteiger partial charge in [-0.3, -0.25) is 44.9 Å². The molecule has 0 aliphatic carbocycles. The number of aromatic nitrogens is 16. The van der Waals surface area contributed by atoms with Crippen molar-refractivity contribution >= 4 is 110 Å². The monoisotopic (exact) mass is 2020 g/mol. The fraction of sp³-hybridized carbons (Fsp3) is 0.117. The molecular formula is C120H99ClF4N22O2S. The van der Waals surface area contributed by atoms with Gasteiger partial charge in [-0.15, -0.1) is 0 Å². The summed E-state index contributed by atoms with van der Waals surface area (Å²) < 4.78 is 77.3. The molecule has 0 spiro atoms. The van der Waals surface area contributed by atoms with E-state index in [0.717, 1.165) is 167 Å². The van der Waals surface area contributed by atoms with Crippen molar-refractivity contribution in [2.45, 2.75) is 67.3 Å². The van der Waals surface area contributed by atoms with Crippen LogP contribution >= 0.6 is 11.6 Å². The van der Waals surface area contributed by atoms with E-state index >= 15 is 0 Å². The van der Waals surface area contributed by atoms with Crippen LogP contribution in [-0.2, 0) is 42.6 Å². The SMILES string of the molecule is Cc1cc(-c2cc3ccnc(NCc4ccc(Cl)cc4)c3cn2)ccn1.Cc1cc(-c2ccc(CNc3nccc4cc(-c5cccc(F)c5)ncc34)cc2C)ccn1.Cc1ccc(CNc2nccc3cc(-c4ccnc(C)c4)ncc23)cc1.Fc1cccc(-c2cc3ccnc(NCc4ccc(-c5ccnc(F)c5)nc4)c3cn2)c1.O=S1(=O)CCN(c2ccc(CNc3nccc4cc(-c5cccc(F)c5)ncc34)cn2)CC1. The van der Waals surface area contributed by atoms with E-state index in [2.05, 4.69) is 181 Å². The quantitative estimate of drug-likeness (QED) is 0.0293. The molecule has 23 rings (SSSR count). The van der Waals surface area contributed by atoms with Gasteiger partial charge in [0.2, 0.25) is 5.95 Å². The molecule has 22 aromatic rings. The molecule has 1 aliphatic rings. The van der Waals surface area contributed by atoms with Crippen molar-refractivity contribution in [2.75, 3.05) is 56.1 Å². The second-order valence-electron chi connectivity index (χ2n) is 36.0. The van der Waals surface area contributed by atoms with Gasteiger partial charge in [0, 0.05) is 233 Å². The highest BCUT2D eigenvalue weighted by molar-refractivity contribution is 7.91. The minimum absolute atomic E-state index is 0.166. The van der Waals surface area contributed by atoms with Crippen molar-refractivity contribution in [1.82, 2.24) is 79.7 Å². The maximum atomic E-state index is 13.6. The molecule has 1 saturated heterocycles. The van der Waals surface area contributed by atoms with Gasteiger partial charge in [0.15, 0.2) is 9.84 Å². The molecule has 742 valence electrons. The van der Waals surface area contributed by atoms with Gasteiger partial charge < -0.3 is 31.5 Å². The fourth-order valence-corrected chi connectivity index (χ4v) is 18.5. The Morgan fingerprint density at radius 3 is 0.960 bits per heavy atom. The molecule has 0 saturated carbocycles. The zero-order valence-corrected chi connectivity index (χ0v) is 83.9.